The van der Waals surface area contributed by atoms with Gasteiger partial charge in [-0.2, -0.15) is 0 Å². The van der Waals surface area contributed by atoms with Gasteiger partial charge < -0.3 is 20.3 Å². The van der Waals surface area contributed by atoms with Gasteiger partial charge in [0.2, 0.25) is 5.91 Å². The van der Waals surface area contributed by atoms with Crippen LogP contribution in [0.3, 0.4) is 0 Å². The van der Waals surface area contributed by atoms with Gasteiger partial charge >= 0.3 is 11.9 Å². The summed E-state index contributed by atoms with van der Waals surface area (Å²) in [6.07, 6.45) is 0.00611. The number of primary amides is 1. The molecule has 3 N–H and O–H groups in total. The van der Waals surface area contributed by atoms with Gasteiger partial charge in [-0.05, 0) is 19.9 Å². The van der Waals surface area contributed by atoms with E-state index in [0.29, 0.717) is 0 Å². The molecule has 0 aromatic carbocycles. The van der Waals surface area contributed by atoms with Crippen LogP contribution in [0, 0.1) is 0 Å². The molecular weight excluding hydrogens is 290 g/mol. The van der Waals surface area contributed by atoms with Crippen LogP contribution in [-0.2, 0) is 23.9 Å². The monoisotopic (exact) mass is 315 g/mol. The highest BCUT2D eigenvalue weighted by molar-refractivity contribution is 5.87. The summed E-state index contributed by atoms with van der Waals surface area (Å²) in [7, 11) is 0. The summed E-state index contributed by atoms with van der Waals surface area (Å²) in [6.45, 7) is 12.4. The van der Waals surface area contributed by atoms with Gasteiger partial charge in [0, 0.05) is 11.1 Å². The zero-order valence-corrected chi connectivity index (χ0v) is 12.3. The van der Waals surface area contributed by atoms with Crippen LogP contribution in [0.5, 0.6) is 0 Å². The molecule has 126 valence electrons. The molecule has 0 aliphatic heterocycles. The molecule has 22 heavy (non-hydrogen) atoms. The maximum absolute atomic E-state index is 10.9. The Morgan fingerprint density at radius 2 is 1.36 bits per heavy atom. The van der Waals surface area contributed by atoms with Gasteiger partial charge in [-0.25, -0.2) is 9.59 Å². The second-order valence-corrected chi connectivity index (χ2v) is 4.02. The molecule has 1 amide bonds. The molecule has 0 fully saturated rings. The summed E-state index contributed by atoms with van der Waals surface area (Å²) >= 11 is 0. The Bertz CT molecular complexity index is 398. The molecule has 0 bridgehead atoms. The Labute approximate surface area is 131 Å². The highest BCUT2D eigenvalue weighted by atomic mass is 16.6. The average Bonchev–Trinajstić information content (AvgIpc) is 2.42. The van der Waals surface area contributed by atoms with Crippen molar-refractivity contribution in [2.24, 2.45) is 5.73 Å². The number of hydrogen-bond acceptors (Lipinski definition) is 6. The molecule has 0 aliphatic carbocycles. The SMILES string of the molecule is C.C=C(C)C(=O)OCC(O)COC(=O)C(=C)C.C=CC(N)=O. The van der Waals surface area contributed by atoms with Crippen LogP contribution in [0.25, 0.3) is 0 Å². The first kappa shape index (κ1) is 24.6. The molecule has 0 rings (SSSR count). The number of rotatable bonds is 7. The number of amides is 1. The number of aliphatic hydroxyl groups excluding tert-OH is 1. The highest BCUT2D eigenvalue weighted by Crippen LogP contribution is 1.97. The Morgan fingerprint density at radius 3 is 1.55 bits per heavy atom. The molecule has 0 saturated heterocycles. The third kappa shape index (κ3) is 15.6. The maximum Gasteiger partial charge on any atom is 0.333 e. The zero-order valence-electron chi connectivity index (χ0n) is 12.3. The summed E-state index contributed by atoms with van der Waals surface area (Å²) in [5.41, 5.74) is 5.02. The van der Waals surface area contributed by atoms with Crippen molar-refractivity contribution in [2.45, 2.75) is 27.4 Å². The predicted molar refractivity (Wildman–Crippen MR) is 83.7 cm³/mol. The van der Waals surface area contributed by atoms with Crippen molar-refractivity contribution in [1.29, 1.82) is 0 Å². The number of carbonyl (C=O) groups is 3. The van der Waals surface area contributed by atoms with E-state index in [0.717, 1.165) is 6.08 Å². The first-order valence-electron chi connectivity index (χ1n) is 5.87. The minimum Gasteiger partial charge on any atom is -0.459 e. The summed E-state index contributed by atoms with van der Waals surface area (Å²) in [4.78, 5) is 31.4. The van der Waals surface area contributed by atoms with E-state index in [1.54, 1.807) is 0 Å². The van der Waals surface area contributed by atoms with Crippen LogP contribution < -0.4 is 5.73 Å². The third-order valence-electron chi connectivity index (χ3n) is 1.71. The summed E-state index contributed by atoms with van der Waals surface area (Å²) in [6, 6.07) is 0. The Morgan fingerprint density at radius 1 is 1.09 bits per heavy atom. The van der Waals surface area contributed by atoms with Gasteiger partial charge in [0.05, 0.1) is 0 Å². The Kier molecular flexibility index (Phi) is 15.2. The van der Waals surface area contributed by atoms with Crippen LogP contribution in [0.2, 0.25) is 0 Å². The van der Waals surface area contributed by atoms with Crippen molar-refractivity contribution >= 4 is 17.8 Å². The van der Waals surface area contributed by atoms with Crippen LogP contribution in [0.15, 0.2) is 37.0 Å². The lowest BCUT2D eigenvalue weighted by molar-refractivity contribution is -0.147. The van der Waals surface area contributed by atoms with Gasteiger partial charge in [-0.15, -0.1) is 0 Å². The largest absolute Gasteiger partial charge is 0.459 e. The predicted octanol–water partition coefficient (Wildman–Crippen LogP) is 0.880. The van der Waals surface area contributed by atoms with Gasteiger partial charge in [0.15, 0.2) is 0 Å². The van der Waals surface area contributed by atoms with E-state index in [1.165, 1.54) is 13.8 Å². The number of nitrogens with two attached hydrogens (primary N) is 1. The van der Waals surface area contributed by atoms with E-state index in [9.17, 15) is 19.5 Å². The lowest BCUT2D eigenvalue weighted by atomic mass is 10.3. The van der Waals surface area contributed by atoms with Crippen molar-refractivity contribution in [2.75, 3.05) is 13.2 Å². The van der Waals surface area contributed by atoms with E-state index in [4.69, 9.17) is 0 Å². The van der Waals surface area contributed by atoms with Crippen LogP contribution in [-0.4, -0.2) is 42.3 Å². The first-order valence-corrected chi connectivity index (χ1v) is 5.87. The van der Waals surface area contributed by atoms with Crippen molar-refractivity contribution in [1.82, 2.24) is 0 Å². The van der Waals surface area contributed by atoms with Crippen molar-refractivity contribution < 1.29 is 29.0 Å². The molecule has 0 aromatic heterocycles. The van der Waals surface area contributed by atoms with Gasteiger partial charge in [-0.1, -0.05) is 27.2 Å². The minimum atomic E-state index is -1.05. The second kappa shape index (κ2) is 13.6. The van der Waals surface area contributed by atoms with Gasteiger partial charge in [0.1, 0.15) is 19.3 Å². The first-order chi connectivity index (χ1) is 9.61. The molecule has 7 nitrogen and oxygen atoms in total. The highest BCUT2D eigenvalue weighted by Gasteiger charge is 2.12. The van der Waals surface area contributed by atoms with E-state index in [-0.39, 0.29) is 31.8 Å². The van der Waals surface area contributed by atoms with Gasteiger partial charge in [-0.3, -0.25) is 4.79 Å². The summed E-state index contributed by atoms with van der Waals surface area (Å²) in [5.74, 6) is -1.67. The quantitative estimate of drug-likeness (QED) is 0.532. The fourth-order valence-electron chi connectivity index (χ4n) is 0.638. The molecule has 7 heteroatoms. The zero-order chi connectivity index (χ0) is 17.0. The van der Waals surface area contributed by atoms with E-state index in [1.807, 2.05) is 0 Å². The van der Waals surface area contributed by atoms with E-state index < -0.39 is 23.9 Å². The number of aliphatic hydroxyl groups is 1. The lowest BCUT2D eigenvalue weighted by Gasteiger charge is -2.11. The van der Waals surface area contributed by atoms with Crippen molar-refractivity contribution in [3.05, 3.63) is 37.0 Å². The average molecular weight is 315 g/mol. The maximum atomic E-state index is 10.9. The second-order valence-electron chi connectivity index (χ2n) is 4.02. The molecule has 0 atom stereocenters. The smallest absolute Gasteiger partial charge is 0.333 e. The topological polar surface area (TPSA) is 116 Å². The fourth-order valence-corrected chi connectivity index (χ4v) is 0.638. The van der Waals surface area contributed by atoms with Crippen molar-refractivity contribution in [3.63, 3.8) is 0 Å². The lowest BCUT2D eigenvalue weighted by Crippen LogP contribution is -2.25. The molecule has 0 heterocycles. The minimum absolute atomic E-state index is 0. The van der Waals surface area contributed by atoms with Crippen LogP contribution in [0.4, 0.5) is 0 Å². The summed E-state index contributed by atoms with van der Waals surface area (Å²) < 4.78 is 9.31. The third-order valence-corrected chi connectivity index (χ3v) is 1.71. The van der Waals surface area contributed by atoms with Crippen LogP contribution in [0.1, 0.15) is 21.3 Å². The molecule has 0 unspecified atom stereocenters. The molecule has 0 aliphatic rings. The Balaban J connectivity index is -0.000000520. The fraction of sp³-hybridized carbons (Fsp3) is 0.400. The molecule has 0 saturated carbocycles. The molecular formula is C15H25NO6. The molecule has 0 spiro atoms. The normalized spacial score (nSPS) is 8.55. The Hall–Kier alpha value is -2.41. The molecule has 0 radical (unpaired) electrons. The van der Waals surface area contributed by atoms with E-state index in [2.05, 4.69) is 34.9 Å². The number of carbonyl (C=O) groups excluding carboxylic acids is 3. The number of hydrogen-bond donors (Lipinski definition) is 2. The number of esters is 2. The van der Waals surface area contributed by atoms with Gasteiger partial charge in [0.25, 0.3) is 0 Å². The standard InChI is InChI=1S/C11H16O5.C3H5NO.CH4/c1-7(2)10(13)15-5-9(12)6-16-11(14)8(3)4;1-2-3(4)5;/h9,12H,1,3,5-6H2,2,4H3;2H,1H2,(H2,4,5);1H4. The van der Waals surface area contributed by atoms with E-state index >= 15 is 0 Å². The van der Waals surface area contributed by atoms with Crippen LogP contribution >= 0.6 is 0 Å². The summed E-state index contributed by atoms with van der Waals surface area (Å²) in [5, 5.41) is 9.30. The number of ether oxygens (including phenoxy) is 2. The van der Waals surface area contributed by atoms with Crippen molar-refractivity contribution in [3.8, 4) is 0 Å². The molecule has 0 aromatic rings.